The Hall–Kier alpha value is -1.00. The smallest absolute Gasteiger partial charge is 0.248 e. The molecule has 1 aromatic rings. The maximum absolute atomic E-state index is 10.9. The van der Waals surface area contributed by atoms with Gasteiger partial charge in [0.2, 0.25) is 5.91 Å². The zero-order valence-electron chi connectivity index (χ0n) is 9.69. The van der Waals surface area contributed by atoms with Crippen LogP contribution >= 0.6 is 11.8 Å². The van der Waals surface area contributed by atoms with E-state index in [1.54, 1.807) is 12.1 Å². The molecule has 4 heteroatoms. The Kier molecular flexibility index (Phi) is 5.35. The minimum absolute atomic E-state index is 0.379. The molecule has 1 aromatic carbocycles. The monoisotopic (exact) mass is 238 g/mol. The van der Waals surface area contributed by atoms with Gasteiger partial charge in [0.25, 0.3) is 0 Å². The van der Waals surface area contributed by atoms with Crippen molar-refractivity contribution in [3.63, 3.8) is 0 Å². The maximum atomic E-state index is 10.9. The van der Waals surface area contributed by atoms with Crippen molar-refractivity contribution in [3.8, 4) is 0 Å². The number of rotatable bonds is 6. The van der Waals surface area contributed by atoms with Crippen molar-refractivity contribution in [2.24, 2.45) is 5.73 Å². The van der Waals surface area contributed by atoms with Crippen LogP contribution in [-0.4, -0.2) is 24.0 Å². The molecule has 0 aliphatic heterocycles. The lowest BCUT2D eigenvalue weighted by molar-refractivity contribution is 0.100. The fourth-order valence-electron chi connectivity index (χ4n) is 1.29. The predicted molar refractivity (Wildman–Crippen MR) is 69.6 cm³/mol. The number of amides is 1. The number of hydrogen-bond donors (Lipinski definition) is 2. The van der Waals surface area contributed by atoms with E-state index in [1.165, 1.54) is 5.56 Å². The van der Waals surface area contributed by atoms with Gasteiger partial charge in [0.05, 0.1) is 0 Å². The average Bonchev–Trinajstić information content (AvgIpc) is 2.29. The molecule has 0 radical (unpaired) electrons. The topological polar surface area (TPSA) is 55.1 Å². The first-order valence-corrected chi connectivity index (χ1v) is 6.54. The molecule has 0 aliphatic rings. The largest absolute Gasteiger partial charge is 0.366 e. The molecule has 1 rings (SSSR count). The first-order chi connectivity index (χ1) is 7.63. The molecule has 1 atom stereocenters. The summed E-state index contributed by atoms with van der Waals surface area (Å²) in [6.07, 6.45) is 2.11. The van der Waals surface area contributed by atoms with E-state index < -0.39 is 0 Å². The summed E-state index contributed by atoms with van der Waals surface area (Å²) in [7, 11) is 0. The van der Waals surface area contributed by atoms with E-state index in [4.69, 9.17) is 5.73 Å². The van der Waals surface area contributed by atoms with Gasteiger partial charge in [-0.25, -0.2) is 0 Å². The second kappa shape index (κ2) is 6.55. The van der Waals surface area contributed by atoms with Crippen LogP contribution in [0.4, 0.5) is 0 Å². The first kappa shape index (κ1) is 13.1. The van der Waals surface area contributed by atoms with Crippen molar-refractivity contribution < 1.29 is 4.79 Å². The first-order valence-electron chi connectivity index (χ1n) is 5.25. The van der Waals surface area contributed by atoms with Crippen LogP contribution in [-0.2, 0) is 6.54 Å². The van der Waals surface area contributed by atoms with E-state index in [-0.39, 0.29) is 5.91 Å². The van der Waals surface area contributed by atoms with Crippen molar-refractivity contribution in [3.05, 3.63) is 35.4 Å². The second-order valence-electron chi connectivity index (χ2n) is 3.74. The lowest BCUT2D eigenvalue weighted by Gasteiger charge is -2.09. The van der Waals surface area contributed by atoms with Crippen LogP contribution in [0.15, 0.2) is 24.3 Å². The van der Waals surface area contributed by atoms with Gasteiger partial charge in [0.1, 0.15) is 0 Å². The lowest BCUT2D eigenvalue weighted by Crippen LogP contribution is -2.22. The normalized spacial score (nSPS) is 12.4. The van der Waals surface area contributed by atoms with Gasteiger partial charge in [0, 0.05) is 23.9 Å². The summed E-state index contributed by atoms with van der Waals surface area (Å²) in [5, 5.41) is 3.98. The van der Waals surface area contributed by atoms with Crippen molar-refractivity contribution in [2.45, 2.75) is 18.7 Å². The number of nitrogens with two attached hydrogens (primary N) is 1. The number of carbonyl (C=O) groups excluding carboxylic acids is 1. The van der Waals surface area contributed by atoms with Crippen molar-refractivity contribution >= 4 is 17.7 Å². The summed E-state index contributed by atoms with van der Waals surface area (Å²) in [6, 6.07) is 7.38. The van der Waals surface area contributed by atoms with E-state index in [1.807, 2.05) is 23.9 Å². The molecule has 0 aromatic heterocycles. The second-order valence-corrected chi connectivity index (χ2v) is 5.01. The molecule has 0 saturated carbocycles. The zero-order valence-corrected chi connectivity index (χ0v) is 10.5. The van der Waals surface area contributed by atoms with Gasteiger partial charge >= 0.3 is 0 Å². The Morgan fingerprint density at radius 2 is 2.06 bits per heavy atom. The Morgan fingerprint density at radius 1 is 1.44 bits per heavy atom. The van der Waals surface area contributed by atoms with E-state index in [0.29, 0.717) is 10.8 Å². The van der Waals surface area contributed by atoms with E-state index >= 15 is 0 Å². The minimum atomic E-state index is -0.379. The fourth-order valence-corrected chi connectivity index (χ4v) is 1.57. The van der Waals surface area contributed by atoms with Gasteiger partial charge in [-0.2, -0.15) is 11.8 Å². The number of primary amides is 1. The van der Waals surface area contributed by atoms with Crippen LogP contribution in [0.1, 0.15) is 22.8 Å². The highest BCUT2D eigenvalue weighted by atomic mass is 32.2. The summed E-state index contributed by atoms with van der Waals surface area (Å²) in [6.45, 7) is 4.00. The Labute approximate surface area is 101 Å². The van der Waals surface area contributed by atoms with Gasteiger partial charge in [-0.15, -0.1) is 0 Å². The van der Waals surface area contributed by atoms with Crippen LogP contribution in [0.2, 0.25) is 0 Å². The van der Waals surface area contributed by atoms with Crippen LogP contribution in [0.3, 0.4) is 0 Å². The van der Waals surface area contributed by atoms with Gasteiger partial charge in [-0.3, -0.25) is 4.79 Å². The molecule has 0 aliphatic carbocycles. The highest BCUT2D eigenvalue weighted by Crippen LogP contribution is 2.05. The molecule has 88 valence electrons. The van der Waals surface area contributed by atoms with E-state index in [2.05, 4.69) is 18.5 Å². The highest BCUT2D eigenvalue weighted by Gasteiger charge is 2.01. The molecule has 3 nitrogen and oxygen atoms in total. The number of carbonyl (C=O) groups is 1. The Morgan fingerprint density at radius 3 is 2.56 bits per heavy atom. The number of hydrogen-bond acceptors (Lipinski definition) is 3. The third-order valence-corrected chi connectivity index (χ3v) is 3.37. The minimum Gasteiger partial charge on any atom is -0.366 e. The van der Waals surface area contributed by atoms with Crippen LogP contribution in [0.25, 0.3) is 0 Å². The van der Waals surface area contributed by atoms with E-state index in [9.17, 15) is 4.79 Å². The van der Waals surface area contributed by atoms with Crippen LogP contribution in [0, 0.1) is 0 Å². The fraction of sp³-hybridized carbons (Fsp3) is 0.417. The Bertz CT molecular complexity index is 337. The van der Waals surface area contributed by atoms with Gasteiger partial charge in [-0.05, 0) is 24.0 Å². The summed E-state index contributed by atoms with van der Waals surface area (Å²) in [5.41, 5.74) is 6.89. The predicted octanol–water partition coefficient (Wildman–Crippen LogP) is 1.63. The highest BCUT2D eigenvalue weighted by molar-refractivity contribution is 7.99. The van der Waals surface area contributed by atoms with Crippen molar-refractivity contribution in [1.82, 2.24) is 5.32 Å². The zero-order chi connectivity index (χ0) is 12.0. The van der Waals surface area contributed by atoms with Crippen LogP contribution in [0.5, 0.6) is 0 Å². The van der Waals surface area contributed by atoms with Gasteiger partial charge in [-0.1, -0.05) is 19.1 Å². The lowest BCUT2D eigenvalue weighted by atomic mass is 10.1. The number of benzene rings is 1. The van der Waals surface area contributed by atoms with Crippen molar-refractivity contribution in [1.29, 1.82) is 0 Å². The molecule has 0 bridgehead atoms. The molecular formula is C12H18N2OS. The molecule has 0 fully saturated rings. The molecule has 0 heterocycles. The molecular weight excluding hydrogens is 220 g/mol. The third-order valence-electron chi connectivity index (χ3n) is 2.40. The quantitative estimate of drug-likeness (QED) is 0.792. The molecule has 0 spiro atoms. The summed E-state index contributed by atoms with van der Waals surface area (Å²) in [4.78, 5) is 10.9. The number of nitrogens with one attached hydrogen (secondary N) is 1. The summed E-state index contributed by atoms with van der Waals surface area (Å²) < 4.78 is 0. The number of thioether (sulfide) groups is 1. The Balaban J connectivity index is 2.40. The summed E-state index contributed by atoms with van der Waals surface area (Å²) in [5.74, 6) is -0.379. The SMILES string of the molecule is CSC(C)CNCc1ccc(C(N)=O)cc1. The van der Waals surface area contributed by atoms with E-state index in [0.717, 1.165) is 13.1 Å². The van der Waals surface area contributed by atoms with Crippen molar-refractivity contribution in [2.75, 3.05) is 12.8 Å². The van der Waals surface area contributed by atoms with Gasteiger partial charge < -0.3 is 11.1 Å². The maximum Gasteiger partial charge on any atom is 0.248 e. The molecule has 0 saturated heterocycles. The molecule has 1 amide bonds. The molecule has 16 heavy (non-hydrogen) atoms. The van der Waals surface area contributed by atoms with Crippen LogP contribution < -0.4 is 11.1 Å². The standard InChI is InChI=1S/C12H18N2OS/c1-9(16-2)7-14-8-10-3-5-11(6-4-10)12(13)15/h3-6,9,14H,7-8H2,1-2H3,(H2,13,15). The third kappa shape index (κ3) is 4.24. The summed E-state index contributed by atoms with van der Waals surface area (Å²) >= 11 is 1.84. The molecule has 3 N–H and O–H groups in total. The van der Waals surface area contributed by atoms with Gasteiger partial charge in [0.15, 0.2) is 0 Å². The average molecular weight is 238 g/mol. The molecule has 1 unspecified atom stereocenters.